The highest BCUT2D eigenvalue weighted by molar-refractivity contribution is 5.91. The van der Waals surface area contributed by atoms with Gasteiger partial charge in [0.25, 0.3) is 0 Å². The van der Waals surface area contributed by atoms with Crippen molar-refractivity contribution in [1.82, 2.24) is 34.9 Å². The van der Waals surface area contributed by atoms with Crippen molar-refractivity contribution in [3.05, 3.63) is 89.3 Å². The molecule has 4 aromatic rings. The number of halogens is 1. The standard InChI is InChI=1S/C31H35FN8O2/c1-20-29(22-11-23-16-38(2)18-27(23)34-14-22)37-40(25-7-5-4-6-8-25)30(20)36-31(41)35-28-19-39(9-10-42-3)17-26(28)21-12-24(32)15-33-13-21/h4-8,11-15,26,28H,9-10,16-19H2,1-3H3,(H2,35,36,41)/t26-,28+/m0/s1. The molecule has 2 N–H and O–H groups in total. The van der Waals surface area contributed by atoms with Gasteiger partial charge < -0.3 is 10.1 Å². The smallest absolute Gasteiger partial charge is 0.320 e. The van der Waals surface area contributed by atoms with Crippen molar-refractivity contribution in [1.29, 1.82) is 0 Å². The van der Waals surface area contributed by atoms with Crippen LogP contribution in [0.3, 0.4) is 0 Å². The summed E-state index contributed by atoms with van der Waals surface area (Å²) in [4.78, 5) is 26.8. The van der Waals surface area contributed by atoms with Crippen LogP contribution >= 0.6 is 0 Å². The molecule has 0 saturated carbocycles. The van der Waals surface area contributed by atoms with E-state index in [2.05, 4.69) is 38.5 Å². The third-order valence-corrected chi connectivity index (χ3v) is 8.03. The fourth-order valence-corrected chi connectivity index (χ4v) is 5.94. The number of para-hydroxylation sites is 1. The van der Waals surface area contributed by atoms with Crippen molar-refractivity contribution in [3.8, 4) is 16.9 Å². The van der Waals surface area contributed by atoms with Crippen molar-refractivity contribution in [2.75, 3.05) is 45.7 Å². The number of aromatic nitrogens is 4. The number of hydrogen-bond donors (Lipinski definition) is 2. The molecule has 1 saturated heterocycles. The van der Waals surface area contributed by atoms with Gasteiger partial charge in [-0.05, 0) is 49.4 Å². The van der Waals surface area contributed by atoms with E-state index in [1.54, 1.807) is 18.0 Å². The van der Waals surface area contributed by atoms with E-state index in [0.717, 1.165) is 46.9 Å². The molecule has 1 fully saturated rings. The molecule has 2 aliphatic heterocycles. The number of rotatable bonds is 8. The number of urea groups is 1. The summed E-state index contributed by atoms with van der Waals surface area (Å²) in [6, 6.07) is 12.7. The van der Waals surface area contributed by atoms with E-state index in [1.807, 2.05) is 43.5 Å². The van der Waals surface area contributed by atoms with Crippen LogP contribution in [-0.4, -0.2) is 82.0 Å². The van der Waals surface area contributed by atoms with Crippen LogP contribution in [0.2, 0.25) is 0 Å². The van der Waals surface area contributed by atoms with E-state index in [-0.39, 0.29) is 18.0 Å². The first-order valence-corrected chi connectivity index (χ1v) is 14.1. The fourth-order valence-electron chi connectivity index (χ4n) is 5.94. The van der Waals surface area contributed by atoms with Crippen molar-refractivity contribution in [2.45, 2.75) is 32.0 Å². The van der Waals surface area contributed by atoms with Gasteiger partial charge in [-0.15, -0.1) is 0 Å². The number of likely N-dealkylation sites (tertiary alicyclic amines) is 1. The average molecular weight is 571 g/mol. The molecule has 0 unspecified atom stereocenters. The molecule has 218 valence electrons. The Hall–Kier alpha value is -4.19. The lowest BCUT2D eigenvalue weighted by Crippen LogP contribution is -2.42. The molecular formula is C31H35FN8O2. The molecule has 0 spiro atoms. The van der Waals surface area contributed by atoms with Crippen molar-refractivity contribution in [3.63, 3.8) is 0 Å². The van der Waals surface area contributed by atoms with Gasteiger partial charge in [-0.25, -0.2) is 13.9 Å². The summed E-state index contributed by atoms with van der Waals surface area (Å²) < 4.78 is 21.1. The summed E-state index contributed by atoms with van der Waals surface area (Å²) in [5, 5.41) is 11.2. The first kappa shape index (κ1) is 28.0. The molecule has 0 aliphatic carbocycles. The summed E-state index contributed by atoms with van der Waals surface area (Å²) in [5.41, 5.74) is 6.35. The maximum absolute atomic E-state index is 14.1. The molecule has 2 aliphatic rings. The Balaban J connectivity index is 1.28. The van der Waals surface area contributed by atoms with Gasteiger partial charge in [0.15, 0.2) is 0 Å². The molecule has 6 rings (SSSR count). The van der Waals surface area contributed by atoms with Crippen LogP contribution in [0, 0.1) is 12.7 Å². The zero-order valence-corrected chi connectivity index (χ0v) is 24.0. The lowest BCUT2D eigenvalue weighted by atomic mass is 9.96. The minimum Gasteiger partial charge on any atom is -0.383 e. The van der Waals surface area contributed by atoms with E-state index < -0.39 is 5.82 Å². The number of amides is 2. The molecule has 42 heavy (non-hydrogen) atoms. The molecule has 0 radical (unpaired) electrons. The molecule has 5 heterocycles. The van der Waals surface area contributed by atoms with E-state index in [9.17, 15) is 9.18 Å². The predicted octanol–water partition coefficient (Wildman–Crippen LogP) is 3.96. The van der Waals surface area contributed by atoms with E-state index in [1.165, 1.54) is 17.8 Å². The number of fused-ring (bicyclic) bond motifs is 1. The summed E-state index contributed by atoms with van der Waals surface area (Å²) in [5.74, 6) is 0.0558. The Bertz CT molecular complexity index is 1580. The van der Waals surface area contributed by atoms with Crippen molar-refractivity contribution >= 4 is 11.8 Å². The average Bonchev–Trinajstić information content (AvgIpc) is 3.66. The molecular weight excluding hydrogens is 535 g/mol. The van der Waals surface area contributed by atoms with E-state index in [4.69, 9.17) is 14.8 Å². The highest BCUT2D eigenvalue weighted by Crippen LogP contribution is 2.33. The molecule has 1 aromatic carbocycles. The topological polar surface area (TPSA) is 100 Å². The maximum Gasteiger partial charge on any atom is 0.320 e. The number of benzene rings is 1. The number of methoxy groups -OCH3 is 1. The molecule has 2 amide bonds. The number of hydrogen-bond acceptors (Lipinski definition) is 7. The SMILES string of the molecule is COCCN1C[C@@H](NC(=O)Nc2c(C)c(-c3cnc4c(c3)CN(C)C4)nn2-c2ccccc2)[C@H](c2cncc(F)c2)C1. The van der Waals surface area contributed by atoms with Crippen LogP contribution in [0.1, 0.15) is 28.3 Å². The van der Waals surface area contributed by atoms with Gasteiger partial charge in [0, 0.05) is 69.3 Å². The van der Waals surface area contributed by atoms with Crippen LogP contribution in [0.25, 0.3) is 16.9 Å². The highest BCUT2D eigenvalue weighted by atomic mass is 19.1. The van der Waals surface area contributed by atoms with Crippen LogP contribution in [0.5, 0.6) is 0 Å². The number of carbonyl (C=O) groups is 1. The molecule has 10 nitrogen and oxygen atoms in total. The zero-order chi connectivity index (χ0) is 29.2. The number of nitrogens with zero attached hydrogens (tertiary/aromatic N) is 6. The number of carbonyl (C=O) groups excluding carboxylic acids is 1. The summed E-state index contributed by atoms with van der Waals surface area (Å²) >= 11 is 0. The quantitative estimate of drug-likeness (QED) is 0.331. The molecule has 2 atom stereocenters. The minimum atomic E-state index is -0.395. The van der Waals surface area contributed by atoms with Gasteiger partial charge in [0.05, 0.1) is 35.9 Å². The lowest BCUT2D eigenvalue weighted by molar-refractivity contribution is 0.159. The number of ether oxygens (including phenoxy) is 1. The monoisotopic (exact) mass is 570 g/mol. The fraction of sp³-hybridized carbons (Fsp3) is 0.355. The van der Waals surface area contributed by atoms with Crippen molar-refractivity contribution < 1.29 is 13.9 Å². The number of anilines is 1. The largest absolute Gasteiger partial charge is 0.383 e. The van der Waals surface area contributed by atoms with Crippen LogP contribution in [0.4, 0.5) is 15.0 Å². The summed E-state index contributed by atoms with van der Waals surface area (Å²) in [7, 11) is 3.74. The zero-order valence-electron chi connectivity index (χ0n) is 24.0. The van der Waals surface area contributed by atoms with Crippen molar-refractivity contribution in [2.24, 2.45) is 0 Å². The number of nitrogens with one attached hydrogen (secondary N) is 2. The first-order chi connectivity index (χ1) is 20.4. The van der Waals surface area contributed by atoms with Gasteiger partial charge >= 0.3 is 6.03 Å². The van der Waals surface area contributed by atoms with Gasteiger partial charge in [-0.1, -0.05) is 18.2 Å². The Morgan fingerprint density at radius 1 is 1.12 bits per heavy atom. The molecule has 0 bridgehead atoms. The summed E-state index contributed by atoms with van der Waals surface area (Å²) in [6.07, 6.45) is 4.72. The second kappa shape index (κ2) is 12.0. The minimum absolute atomic E-state index is 0.123. The van der Waals surface area contributed by atoms with Gasteiger partial charge in [0.2, 0.25) is 0 Å². The highest BCUT2D eigenvalue weighted by Gasteiger charge is 2.35. The van der Waals surface area contributed by atoms with E-state index in [0.29, 0.717) is 32.1 Å². The van der Waals surface area contributed by atoms with Gasteiger partial charge in [-0.3, -0.25) is 25.1 Å². The third kappa shape index (κ3) is 5.76. The maximum atomic E-state index is 14.1. The predicted molar refractivity (Wildman–Crippen MR) is 158 cm³/mol. The second-order valence-corrected chi connectivity index (χ2v) is 11.1. The molecule has 11 heteroatoms. The van der Waals surface area contributed by atoms with E-state index >= 15 is 0 Å². The Morgan fingerprint density at radius 2 is 1.95 bits per heavy atom. The normalized spacial score (nSPS) is 18.8. The van der Waals surface area contributed by atoms with Crippen LogP contribution in [-0.2, 0) is 17.8 Å². The first-order valence-electron chi connectivity index (χ1n) is 14.1. The van der Waals surface area contributed by atoms with Crippen LogP contribution in [0.15, 0.2) is 61.1 Å². The number of pyridine rings is 2. The second-order valence-electron chi connectivity index (χ2n) is 11.1. The molecule has 3 aromatic heterocycles. The van der Waals surface area contributed by atoms with Gasteiger partial charge in [-0.2, -0.15) is 5.10 Å². The third-order valence-electron chi connectivity index (χ3n) is 8.03. The Kier molecular flexibility index (Phi) is 7.96. The van der Waals surface area contributed by atoms with Gasteiger partial charge in [0.1, 0.15) is 11.6 Å². The summed E-state index contributed by atoms with van der Waals surface area (Å²) in [6.45, 7) is 6.17. The Morgan fingerprint density at radius 3 is 2.74 bits per heavy atom. The van der Waals surface area contributed by atoms with Crippen LogP contribution < -0.4 is 10.6 Å². The Labute approximate surface area is 244 Å². The lowest BCUT2D eigenvalue weighted by Gasteiger charge is -2.21.